The Bertz CT molecular complexity index is 370. The number of likely N-dealkylation sites (tertiary alicyclic amines) is 1. The van der Waals surface area contributed by atoms with Crippen LogP contribution >= 0.6 is 0 Å². The molecule has 1 aromatic carbocycles. The molecule has 0 aliphatic carbocycles. The molecule has 4 N–H and O–H groups in total. The average molecular weight is 232 g/mol. The number of hydrogen-bond donors (Lipinski definition) is 2. The van der Waals surface area contributed by atoms with Crippen LogP contribution in [0.3, 0.4) is 0 Å². The van der Waals surface area contributed by atoms with Crippen LogP contribution in [-0.2, 0) is 6.54 Å². The van der Waals surface area contributed by atoms with E-state index in [2.05, 4.69) is 34.2 Å². The minimum absolute atomic E-state index is 0.205. The first-order valence-corrected chi connectivity index (χ1v) is 6.09. The van der Waals surface area contributed by atoms with Gasteiger partial charge in [0, 0.05) is 13.1 Å². The fraction of sp³-hybridized carbons (Fsp3) is 0.462. The lowest BCUT2D eigenvalue weighted by molar-refractivity contribution is 0.202. The van der Waals surface area contributed by atoms with E-state index in [0.29, 0.717) is 0 Å². The van der Waals surface area contributed by atoms with Crippen molar-refractivity contribution in [2.24, 2.45) is 16.5 Å². The molecule has 1 saturated heterocycles. The second-order valence-electron chi connectivity index (χ2n) is 4.57. The van der Waals surface area contributed by atoms with Gasteiger partial charge in [-0.25, -0.2) is 4.99 Å². The molecule has 0 bridgehead atoms. The molecule has 2 rings (SSSR count). The molecule has 4 nitrogen and oxygen atoms in total. The molecule has 1 aliphatic rings. The third kappa shape index (κ3) is 3.75. The maximum atomic E-state index is 5.43. The quantitative estimate of drug-likeness (QED) is 0.601. The first kappa shape index (κ1) is 11.9. The first-order chi connectivity index (χ1) is 8.24. The lowest BCUT2D eigenvalue weighted by atomic mass is 10.1. The van der Waals surface area contributed by atoms with Crippen molar-refractivity contribution in [1.82, 2.24) is 4.90 Å². The molecule has 1 unspecified atom stereocenters. The van der Waals surface area contributed by atoms with E-state index in [1.807, 2.05) is 6.07 Å². The summed E-state index contributed by atoms with van der Waals surface area (Å²) in [6.45, 7) is 3.07. The number of hydrogen-bond acceptors (Lipinski definition) is 2. The van der Waals surface area contributed by atoms with Gasteiger partial charge in [-0.2, -0.15) is 0 Å². The molecule has 17 heavy (non-hydrogen) atoms. The molecule has 0 amide bonds. The van der Waals surface area contributed by atoms with Gasteiger partial charge in [-0.05, 0) is 24.9 Å². The van der Waals surface area contributed by atoms with Crippen LogP contribution in [0.4, 0.5) is 0 Å². The second kappa shape index (κ2) is 5.68. The number of aliphatic imine (C=N–C) groups is 1. The van der Waals surface area contributed by atoms with E-state index in [0.717, 1.165) is 32.5 Å². The maximum absolute atomic E-state index is 5.43. The van der Waals surface area contributed by atoms with Gasteiger partial charge in [0.15, 0.2) is 5.96 Å². The van der Waals surface area contributed by atoms with Crippen molar-refractivity contribution < 1.29 is 0 Å². The van der Waals surface area contributed by atoms with Gasteiger partial charge in [0.05, 0.1) is 6.04 Å². The van der Waals surface area contributed by atoms with Crippen molar-refractivity contribution in [3.63, 3.8) is 0 Å². The summed E-state index contributed by atoms with van der Waals surface area (Å²) in [6.07, 6.45) is 2.25. The van der Waals surface area contributed by atoms with Crippen LogP contribution < -0.4 is 11.5 Å². The molecule has 0 saturated carbocycles. The van der Waals surface area contributed by atoms with Crippen LogP contribution in [0.15, 0.2) is 35.3 Å². The van der Waals surface area contributed by atoms with Crippen LogP contribution in [0, 0.1) is 0 Å². The van der Waals surface area contributed by atoms with Crippen LogP contribution in [-0.4, -0.2) is 30.0 Å². The zero-order valence-electron chi connectivity index (χ0n) is 10.0. The highest BCUT2D eigenvalue weighted by atomic mass is 15.2. The number of piperidine rings is 1. The SMILES string of the molecule is NC(N)=NC1CCCN(Cc2ccccc2)C1. The van der Waals surface area contributed by atoms with Crippen molar-refractivity contribution in [2.75, 3.05) is 13.1 Å². The number of nitrogens with two attached hydrogens (primary N) is 2. The minimum Gasteiger partial charge on any atom is -0.370 e. The largest absolute Gasteiger partial charge is 0.370 e. The zero-order valence-corrected chi connectivity index (χ0v) is 10.0. The van der Waals surface area contributed by atoms with Crippen molar-refractivity contribution in [2.45, 2.75) is 25.4 Å². The molecule has 92 valence electrons. The van der Waals surface area contributed by atoms with Crippen molar-refractivity contribution in [1.29, 1.82) is 0 Å². The van der Waals surface area contributed by atoms with Gasteiger partial charge < -0.3 is 11.5 Å². The maximum Gasteiger partial charge on any atom is 0.186 e. The van der Waals surface area contributed by atoms with Gasteiger partial charge in [-0.1, -0.05) is 30.3 Å². The smallest absolute Gasteiger partial charge is 0.186 e. The Hall–Kier alpha value is -1.55. The summed E-state index contributed by atoms with van der Waals surface area (Å²) in [5.41, 5.74) is 12.2. The molecule has 4 heteroatoms. The highest BCUT2D eigenvalue weighted by Gasteiger charge is 2.19. The number of rotatable bonds is 3. The molecule has 0 aromatic heterocycles. The second-order valence-corrected chi connectivity index (χ2v) is 4.57. The fourth-order valence-electron chi connectivity index (χ4n) is 2.33. The minimum atomic E-state index is 0.205. The Morgan fingerprint density at radius 2 is 2.06 bits per heavy atom. The molecular formula is C13H20N4. The molecule has 1 aromatic rings. The normalized spacial score (nSPS) is 21.1. The number of nitrogens with zero attached hydrogens (tertiary/aromatic N) is 2. The molecular weight excluding hydrogens is 212 g/mol. The van der Waals surface area contributed by atoms with Gasteiger partial charge in [-0.15, -0.1) is 0 Å². The predicted molar refractivity (Wildman–Crippen MR) is 70.6 cm³/mol. The van der Waals surface area contributed by atoms with E-state index in [9.17, 15) is 0 Å². The summed E-state index contributed by atoms with van der Waals surface area (Å²) in [5, 5.41) is 0. The summed E-state index contributed by atoms with van der Waals surface area (Å²) < 4.78 is 0. The van der Waals surface area contributed by atoms with Gasteiger partial charge in [0.2, 0.25) is 0 Å². The van der Waals surface area contributed by atoms with E-state index < -0.39 is 0 Å². The number of benzene rings is 1. The predicted octanol–water partition coefficient (Wildman–Crippen LogP) is 0.924. The van der Waals surface area contributed by atoms with Crippen LogP contribution in [0.25, 0.3) is 0 Å². The van der Waals surface area contributed by atoms with Crippen molar-refractivity contribution >= 4 is 5.96 Å². The third-order valence-corrected chi connectivity index (χ3v) is 3.06. The molecule has 1 heterocycles. The standard InChI is InChI=1S/C13H20N4/c14-13(15)16-12-7-4-8-17(10-12)9-11-5-2-1-3-6-11/h1-3,5-6,12H,4,7-10H2,(H4,14,15,16). The summed E-state index contributed by atoms with van der Waals surface area (Å²) in [6, 6.07) is 10.8. The van der Waals surface area contributed by atoms with E-state index in [1.54, 1.807) is 0 Å². The first-order valence-electron chi connectivity index (χ1n) is 6.09. The Kier molecular flexibility index (Phi) is 3.98. The van der Waals surface area contributed by atoms with Crippen LogP contribution in [0.5, 0.6) is 0 Å². The lowest BCUT2D eigenvalue weighted by Crippen LogP contribution is -2.38. The summed E-state index contributed by atoms with van der Waals surface area (Å²) >= 11 is 0. The van der Waals surface area contributed by atoms with Gasteiger partial charge >= 0.3 is 0 Å². The number of guanidine groups is 1. The monoisotopic (exact) mass is 232 g/mol. The van der Waals surface area contributed by atoms with E-state index in [1.165, 1.54) is 5.56 Å². The Balaban J connectivity index is 1.92. The summed E-state index contributed by atoms with van der Waals surface area (Å²) in [7, 11) is 0. The highest BCUT2D eigenvalue weighted by molar-refractivity contribution is 5.75. The zero-order chi connectivity index (χ0) is 12.1. The third-order valence-electron chi connectivity index (χ3n) is 3.06. The van der Waals surface area contributed by atoms with Gasteiger partial charge in [0.1, 0.15) is 0 Å². The molecule has 0 radical (unpaired) electrons. The van der Waals surface area contributed by atoms with E-state index in [4.69, 9.17) is 11.5 Å². The molecule has 1 aliphatic heterocycles. The van der Waals surface area contributed by atoms with E-state index >= 15 is 0 Å². The lowest BCUT2D eigenvalue weighted by Gasteiger charge is -2.30. The molecule has 0 spiro atoms. The van der Waals surface area contributed by atoms with Gasteiger partial charge in [0.25, 0.3) is 0 Å². The topological polar surface area (TPSA) is 67.6 Å². The fourth-order valence-corrected chi connectivity index (χ4v) is 2.33. The molecule has 1 atom stereocenters. The van der Waals surface area contributed by atoms with Crippen molar-refractivity contribution in [3.05, 3.63) is 35.9 Å². The van der Waals surface area contributed by atoms with E-state index in [-0.39, 0.29) is 12.0 Å². The van der Waals surface area contributed by atoms with Gasteiger partial charge in [-0.3, -0.25) is 4.90 Å². The van der Waals surface area contributed by atoms with Crippen LogP contribution in [0.2, 0.25) is 0 Å². The molecule has 1 fully saturated rings. The van der Waals surface area contributed by atoms with Crippen molar-refractivity contribution in [3.8, 4) is 0 Å². The summed E-state index contributed by atoms with van der Waals surface area (Å²) in [4.78, 5) is 6.67. The Morgan fingerprint density at radius 1 is 1.29 bits per heavy atom. The Labute approximate surface area is 102 Å². The average Bonchev–Trinajstić information content (AvgIpc) is 2.30. The van der Waals surface area contributed by atoms with Crippen LogP contribution in [0.1, 0.15) is 18.4 Å². The highest BCUT2D eigenvalue weighted by Crippen LogP contribution is 2.15. The Morgan fingerprint density at radius 3 is 2.76 bits per heavy atom. The summed E-state index contributed by atoms with van der Waals surface area (Å²) in [5.74, 6) is 0.205.